The summed E-state index contributed by atoms with van der Waals surface area (Å²) < 4.78 is 5.43. The minimum Gasteiger partial charge on any atom is -0.378 e. The molecule has 0 aliphatic carbocycles. The topological polar surface area (TPSA) is 114 Å². The van der Waals surface area contributed by atoms with Crippen LogP contribution in [0.4, 0.5) is 17.1 Å². The first-order valence-corrected chi connectivity index (χ1v) is 12.4. The molecule has 5 rings (SSSR count). The van der Waals surface area contributed by atoms with Gasteiger partial charge in [0.25, 0.3) is 5.69 Å². The van der Waals surface area contributed by atoms with Crippen LogP contribution in [0.3, 0.4) is 0 Å². The molecule has 2 aliphatic rings. The molecule has 3 aromatic rings. The lowest BCUT2D eigenvalue weighted by Crippen LogP contribution is -2.36. The second kappa shape index (κ2) is 10.4. The molecule has 0 saturated carbocycles. The van der Waals surface area contributed by atoms with Crippen molar-refractivity contribution < 1.29 is 14.5 Å². The van der Waals surface area contributed by atoms with Crippen molar-refractivity contribution in [3.8, 4) is 0 Å². The van der Waals surface area contributed by atoms with Gasteiger partial charge in [0.1, 0.15) is 5.25 Å². The Morgan fingerprint density at radius 3 is 2.44 bits per heavy atom. The summed E-state index contributed by atoms with van der Waals surface area (Å²) in [6.45, 7) is 5.20. The van der Waals surface area contributed by atoms with Crippen molar-refractivity contribution in [1.29, 1.82) is 0 Å². The lowest BCUT2D eigenvalue weighted by atomic mass is 10.1. The van der Waals surface area contributed by atoms with Crippen molar-refractivity contribution >= 4 is 39.9 Å². The summed E-state index contributed by atoms with van der Waals surface area (Å²) in [7, 11) is 0. The van der Waals surface area contributed by atoms with Crippen LogP contribution in [0.25, 0.3) is 0 Å². The summed E-state index contributed by atoms with van der Waals surface area (Å²) in [6, 6.07) is 14.0. The van der Waals surface area contributed by atoms with E-state index in [-0.39, 0.29) is 18.1 Å². The first-order chi connectivity index (χ1) is 17.5. The molecule has 2 aromatic carbocycles. The molecule has 2 aliphatic heterocycles. The van der Waals surface area contributed by atoms with Crippen LogP contribution < -0.4 is 4.90 Å². The molecule has 1 unspecified atom stereocenters. The number of amidine groups is 1. The van der Waals surface area contributed by atoms with Gasteiger partial charge in [-0.15, -0.1) is 0 Å². The van der Waals surface area contributed by atoms with E-state index in [1.54, 1.807) is 29.4 Å². The van der Waals surface area contributed by atoms with Gasteiger partial charge in [-0.25, -0.2) is 4.99 Å². The molecule has 10 nitrogen and oxygen atoms in total. The van der Waals surface area contributed by atoms with Crippen LogP contribution in [0.1, 0.15) is 22.2 Å². The zero-order valence-electron chi connectivity index (χ0n) is 19.6. The average Bonchev–Trinajstić information content (AvgIpc) is 3.21. The molecule has 1 aromatic heterocycles. The molecular weight excluding hydrogens is 480 g/mol. The number of aliphatic imine (C=N–C) groups is 1. The maximum absolute atomic E-state index is 13.5. The van der Waals surface area contributed by atoms with Crippen LogP contribution in [0.15, 0.2) is 65.9 Å². The number of thioether (sulfide) groups is 1. The molecule has 0 bridgehead atoms. The lowest BCUT2D eigenvalue weighted by molar-refractivity contribution is -0.384. The number of hydrogen-bond donors (Lipinski definition) is 0. The Kier molecular flexibility index (Phi) is 6.92. The lowest BCUT2D eigenvalue weighted by Gasteiger charge is -2.28. The van der Waals surface area contributed by atoms with Crippen molar-refractivity contribution in [3.05, 3.63) is 88.0 Å². The third-order valence-electron chi connectivity index (χ3n) is 5.96. The molecule has 1 atom stereocenters. The van der Waals surface area contributed by atoms with Crippen LogP contribution in [-0.4, -0.2) is 57.2 Å². The first kappa shape index (κ1) is 23.9. The van der Waals surface area contributed by atoms with Crippen molar-refractivity contribution in [3.63, 3.8) is 0 Å². The monoisotopic (exact) mass is 504 g/mol. The van der Waals surface area contributed by atoms with Gasteiger partial charge in [-0.05, 0) is 36.8 Å². The van der Waals surface area contributed by atoms with E-state index in [2.05, 4.69) is 14.9 Å². The third kappa shape index (κ3) is 5.21. The number of benzene rings is 2. The summed E-state index contributed by atoms with van der Waals surface area (Å²) in [4.78, 5) is 41.4. The molecule has 3 heterocycles. The van der Waals surface area contributed by atoms with Gasteiger partial charge in [-0.1, -0.05) is 23.9 Å². The number of non-ortho nitro benzene ring substituents is 1. The summed E-state index contributed by atoms with van der Waals surface area (Å²) in [5.41, 5.74) is 3.94. The number of nitro groups is 1. The maximum Gasteiger partial charge on any atom is 0.269 e. The van der Waals surface area contributed by atoms with Gasteiger partial charge >= 0.3 is 0 Å². The van der Waals surface area contributed by atoms with Gasteiger partial charge in [0.2, 0.25) is 5.91 Å². The van der Waals surface area contributed by atoms with Gasteiger partial charge < -0.3 is 9.64 Å². The Labute approximate surface area is 212 Å². The SMILES string of the molecule is Cc1cnc(CN2C(=O)C(c3ccc([N+](=O)[O-])cc3)S/C2=N\c2ccc(N3CCOCC3)cc2)cn1. The van der Waals surface area contributed by atoms with Crippen molar-refractivity contribution in [2.45, 2.75) is 18.7 Å². The van der Waals surface area contributed by atoms with E-state index in [1.807, 2.05) is 31.2 Å². The molecule has 0 spiro atoms. The highest BCUT2D eigenvalue weighted by molar-refractivity contribution is 8.15. The Morgan fingerprint density at radius 2 is 1.81 bits per heavy atom. The number of carbonyl (C=O) groups is 1. The number of aryl methyl sites for hydroxylation is 1. The second-order valence-electron chi connectivity index (χ2n) is 8.43. The van der Waals surface area contributed by atoms with Gasteiger partial charge in [0.05, 0.1) is 48.0 Å². The van der Waals surface area contributed by atoms with E-state index >= 15 is 0 Å². The molecule has 1 amide bonds. The predicted octanol–water partition coefficient (Wildman–Crippen LogP) is 4.03. The number of aromatic nitrogens is 2. The largest absolute Gasteiger partial charge is 0.378 e. The summed E-state index contributed by atoms with van der Waals surface area (Å²) in [5.74, 6) is -0.153. The van der Waals surface area contributed by atoms with Gasteiger partial charge in [0, 0.05) is 37.1 Å². The molecule has 11 heteroatoms. The van der Waals surface area contributed by atoms with E-state index in [0.717, 1.165) is 30.2 Å². The summed E-state index contributed by atoms with van der Waals surface area (Å²) >= 11 is 1.33. The number of anilines is 1. The van der Waals surface area contributed by atoms with Crippen molar-refractivity contribution in [1.82, 2.24) is 14.9 Å². The van der Waals surface area contributed by atoms with E-state index < -0.39 is 10.2 Å². The third-order valence-corrected chi connectivity index (χ3v) is 7.19. The van der Waals surface area contributed by atoms with Crippen LogP contribution in [0.2, 0.25) is 0 Å². The summed E-state index contributed by atoms with van der Waals surface area (Å²) in [5, 5.41) is 11.0. The van der Waals surface area contributed by atoms with Gasteiger partial charge in [0.15, 0.2) is 5.17 Å². The number of ether oxygens (including phenoxy) is 1. The Morgan fingerprint density at radius 1 is 1.08 bits per heavy atom. The molecule has 184 valence electrons. The smallest absolute Gasteiger partial charge is 0.269 e. The average molecular weight is 505 g/mol. The zero-order chi connectivity index (χ0) is 25.1. The van der Waals surface area contributed by atoms with Crippen molar-refractivity contribution in [2.24, 2.45) is 4.99 Å². The number of rotatable bonds is 6. The molecule has 36 heavy (non-hydrogen) atoms. The number of amides is 1. The van der Waals surface area contributed by atoms with Gasteiger partial charge in [-0.2, -0.15) is 0 Å². The first-order valence-electron chi connectivity index (χ1n) is 11.5. The second-order valence-corrected chi connectivity index (χ2v) is 9.50. The number of nitrogens with zero attached hydrogens (tertiary/aromatic N) is 6. The van der Waals surface area contributed by atoms with Crippen LogP contribution in [-0.2, 0) is 16.1 Å². The molecule has 0 radical (unpaired) electrons. The standard InChI is InChI=1S/C25H24N6O4S/c1-17-14-27-20(15-26-17)16-30-24(32)23(18-2-6-22(7-3-18)31(33)34)36-25(30)28-19-4-8-21(9-5-19)29-10-12-35-13-11-29/h2-9,14-15,23H,10-13,16H2,1H3/b28-25-. The number of nitro benzene ring substituents is 1. The quantitative estimate of drug-likeness (QED) is 0.365. The van der Waals surface area contributed by atoms with E-state index in [9.17, 15) is 14.9 Å². The number of morpholine rings is 1. The molecular formula is C25H24N6O4S. The molecule has 0 N–H and O–H groups in total. The number of carbonyl (C=O) groups excluding carboxylic acids is 1. The Balaban J connectivity index is 1.43. The van der Waals surface area contributed by atoms with E-state index in [1.165, 1.54) is 23.9 Å². The van der Waals surface area contributed by atoms with Gasteiger partial charge in [-0.3, -0.25) is 29.8 Å². The Hall–Kier alpha value is -3.83. The van der Waals surface area contributed by atoms with E-state index in [4.69, 9.17) is 9.73 Å². The normalized spacial score (nSPS) is 19.2. The minimum atomic E-state index is -0.560. The van der Waals surface area contributed by atoms with E-state index in [0.29, 0.717) is 29.6 Å². The predicted molar refractivity (Wildman–Crippen MR) is 137 cm³/mol. The summed E-state index contributed by atoms with van der Waals surface area (Å²) in [6.07, 6.45) is 3.32. The number of hydrogen-bond acceptors (Lipinski definition) is 9. The molecule has 2 saturated heterocycles. The maximum atomic E-state index is 13.5. The fourth-order valence-electron chi connectivity index (χ4n) is 4.00. The fraction of sp³-hybridized carbons (Fsp3) is 0.280. The fourth-order valence-corrected chi connectivity index (χ4v) is 5.17. The van der Waals surface area contributed by atoms with Crippen LogP contribution in [0, 0.1) is 17.0 Å². The zero-order valence-corrected chi connectivity index (χ0v) is 20.4. The highest BCUT2D eigenvalue weighted by atomic mass is 32.2. The van der Waals surface area contributed by atoms with Crippen LogP contribution >= 0.6 is 11.8 Å². The van der Waals surface area contributed by atoms with Crippen molar-refractivity contribution in [2.75, 3.05) is 31.2 Å². The van der Waals surface area contributed by atoms with Crippen LogP contribution in [0.5, 0.6) is 0 Å². The highest BCUT2D eigenvalue weighted by Gasteiger charge is 2.39. The minimum absolute atomic E-state index is 0.0183. The highest BCUT2D eigenvalue weighted by Crippen LogP contribution is 2.41. The Bertz CT molecular complexity index is 1280. The molecule has 2 fully saturated rings.